The summed E-state index contributed by atoms with van der Waals surface area (Å²) in [4.78, 5) is 7.08. The average molecular weight is 289 g/mol. The molecule has 20 heavy (non-hydrogen) atoms. The van der Waals surface area contributed by atoms with Crippen molar-refractivity contribution in [3.05, 3.63) is 23.6 Å². The van der Waals surface area contributed by atoms with Crippen LogP contribution in [0, 0.1) is 0 Å². The number of nitrogens with zero attached hydrogens (tertiary/aromatic N) is 2. The van der Waals surface area contributed by atoms with Gasteiger partial charge >= 0.3 is 0 Å². The van der Waals surface area contributed by atoms with Gasteiger partial charge in [-0.3, -0.25) is 0 Å². The predicted octanol–water partition coefficient (Wildman–Crippen LogP) is 1.95. The molecule has 4 rings (SSSR count). The van der Waals surface area contributed by atoms with Gasteiger partial charge in [0.2, 0.25) is 6.79 Å². The highest BCUT2D eigenvalue weighted by Crippen LogP contribution is 2.37. The predicted molar refractivity (Wildman–Crippen MR) is 78.8 cm³/mol. The largest absolute Gasteiger partial charge is 0.454 e. The van der Waals surface area contributed by atoms with E-state index < -0.39 is 0 Å². The summed E-state index contributed by atoms with van der Waals surface area (Å²) < 4.78 is 10.8. The summed E-state index contributed by atoms with van der Waals surface area (Å²) in [6.07, 6.45) is 0. The SMILES string of the molecule is c1cc2c(cc1-c1csc(N3CCNCC3)n1)OCO2. The van der Waals surface area contributed by atoms with Gasteiger partial charge < -0.3 is 19.7 Å². The first kappa shape index (κ1) is 12.0. The lowest BCUT2D eigenvalue weighted by molar-refractivity contribution is 0.174. The first-order valence-corrected chi connectivity index (χ1v) is 7.59. The number of aromatic nitrogens is 1. The number of fused-ring (bicyclic) bond motifs is 1. The van der Waals surface area contributed by atoms with Crippen molar-refractivity contribution in [1.82, 2.24) is 10.3 Å². The van der Waals surface area contributed by atoms with Crippen molar-refractivity contribution in [3.63, 3.8) is 0 Å². The van der Waals surface area contributed by atoms with Crippen molar-refractivity contribution < 1.29 is 9.47 Å². The molecular formula is C14H15N3O2S. The molecule has 5 nitrogen and oxygen atoms in total. The zero-order chi connectivity index (χ0) is 13.4. The van der Waals surface area contributed by atoms with E-state index in [-0.39, 0.29) is 0 Å². The van der Waals surface area contributed by atoms with Gasteiger partial charge in [0, 0.05) is 37.1 Å². The molecule has 0 amide bonds. The summed E-state index contributed by atoms with van der Waals surface area (Å²) in [7, 11) is 0. The van der Waals surface area contributed by atoms with Crippen LogP contribution in [-0.4, -0.2) is 38.0 Å². The Labute approximate surface area is 121 Å². The summed E-state index contributed by atoms with van der Waals surface area (Å²) >= 11 is 1.70. The van der Waals surface area contributed by atoms with Crippen LogP contribution < -0.4 is 19.7 Å². The summed E-state index contributed by atoms with van der Waals surface area (Å²) in [5.41, 5.74) is 2.08. The Morgan fingerprint density at radius 3 is 2.90 bits per heavy atom. The van der Waals surface area contributed by atoms with E-state index in [1.54, 1.807) is 11.3 Å². The van der Waals surface area contributed by atoms with E-state index >= 15 is 0 Å². The maximum Gasteiger partial charge on any atom is 0.231 e. The highest BCUT2D eigenvalue weighted by molar-refractivity contribution is 7.14. The van der Waals surface area contributed by atoms with E-state index in [9.17, 15) is 0 Å². The maximum atomic E-state index is 5.42. The van der Waals surface area contributed by atoms with Crippen LogP contribution in [0.4, 0.5) is 5.13 Å². The van der Waals surface area contributed by atoms with Crippen molar-refractivity contribution in [1.29, 1.82) is 0 Å². The second kappa shape index (κ2) is 4.96. The normalized spacial score (nSPS) is 17.5. The monoisotopic (exact) mass is 289 g/mol. The van der Waals surface area contributed by atoms with Gasteiger partial charge in [0.15, 0.2) is 16.6 Å². The number of nitrogens with one attached hydrogen (secondary N) is 1. The van der Waals surface area contributed by atoms with Crippen LogP contribution >= 0.6 is 11.3 Å². The summed E-state index contributed by atoms with van der Waals surface area (Å²) in [5, 5.41) is 6.56. The number of benzene rings is 1. The van der Waals surface area contributed by atoms with Crippen LogP contribution in [0.15, 0.2) is 23.6 Å². The zero-order valence-electron chi connectivity index (χ0n) is 11.0. The number of thiazole rings is 1. The molecule has 2 aromatic rings. The van der Waals surface area contributed by atoms with Crippen molar-refractivity contribution in [3.8, 4) is 22.8 Å². The Morgan fingerprint density at radius 2 is 2.00 bits per heavy atom. The smallest absolute Gasteiger partial charge is 0.231 e. The molecule has 2 aliphatic heterocycles. The van der Waals surface area contributed by atoms with Crippen molar-refractivity contribution in [2.24, 2.45) is 0 Å². The van der Waals surface area contributed by atoms with Gasteiger partial charge in [-0.1, -0.05) is 0 Å². The van der Waals surface area contributed by atoms with E-state index in [1.165, 1.54) is 0 Å². The van der Waals surface area contributed by atoms with E-state index in [2.05, 4.69) is 15.6 Å². The summed E-state index contributed by atoms with van der Waals surface area (Å²) in [5.74, 6) is 1.62. The van der Waals surface area contributed by atoms with Crippen LogP contribution in [0.25, 0.3) is 11.3 Å². The molecule has 2 aliphatic rings. The molecule has 1 aromatic heterocycles. The van der Waals surface area contributed by atoms with Crippen LogP contribution in [0.5, 0.6) is 11.5 Å². The van der Waals surface area contributed by atoms with Gasteiger partial charge in [0.05, 0.1) is 5.69 Å². The molecule has 1 fully saturated rings. The fourth-order valence-electron chi connectivity index (χ4n) is 2.45. The minimum Gasteiger partial charge on any atom is -0.454 e. The topological polar surface area (TPSA) is 46.6 Å². The molecule has 0 unspecified atom stereocenters. The fraction of sp³-hybridized carbons (Fsp3) is 0.357. The Kier molecular flexibility index (Phi) is 2.97. The summed E-state index contributed by atoms with van der Waals surface area (Å²) in [6, 6.07) is 5.98. The van der Waals surface area contributed by atoms with Crippen LogP contribution in [0.3, 0.4) is 0 Å². The first-order chi connectivity index (χ1) is 9.90. The molecule has 0 spiro atoms. The molecule has 1 saturated heterocycles. The molecule has 0 saturated carbocycles. The first-order valence-electron chi connectivity index (χ1n) is 6.71. The molecule has 0 bridgehead atoms. The zero-order valence-corrected chi connectivity index (χ0v) is 11.8. The second-order valence-electron chi connectivity index (χ2n) is 4.82. The lowest BCUT2D eigenvalue weighted by atomic mass is 10.1. The standard InChI is InChI=1S/C14H15N3O2S/c1-2-12-13(19-9-18-12)7-10(1)11-8-20-14(16-11)17-5-3-15-4-6-17/h1-2,7-8,15H,3-6,9H2. The third-order valence-electron chi connectivity index (χ3n) is 3.55. The number of hydrogen-bond donors (Lipinski definition) is 1. The molecule has 0 aliphatic carbocycles. The highest BCUT2D eigenvalue weighted by Gasteiger charge is 2.17. The second-order valence-corrected chi connectivity index (χ2v) is 5.66. The lowest BCUT2D eigenvalue weighted by Gasteiger charge is -2.26. The lowest BCUT2D eigenvalue weighted by Crippen LogP contribution is -2.43. The van der Waals surface area contributed by atoms with E-state index in [0.717, 1.165) is 54.1 Å². The van der Waals surface area contributed by atoms with E-state index in [1.807, 2.05) is 18.2 Å². The highest BCUT2D eigenvalue weighted by atomic mass is 32.1. The Balaban J connectivity index is 1.61. The molecule has 6 heteroatoms. The molecule has 1 N–H and O–H groups in total. The summed E-state index contributed by atoms with van der Waals surface area (Å²) in [6.45, 7) is 4.40. The van der Waals surface area contributed by atoms with E-state index in [4.69, 9.17) is 14.5 Å². The molecular weight excluding hydrogens is 274 g/mol. The van der Waals surface area contributed by atoms with E-state index in [0.29, 0.717) is 6.79 Å². The van der Waals surface area contributed by atoms with Crippen molar-refractivity contribution >= 4 is 16.5 Å². The maximum absolute atomic E-state index is 5.42. The Bertz CT molecular complexity index is 623. The van der Waals surface area contributed by atoms with Crippen LogP contribution in [-0.2, 0) is 0 Å². The van der Waals surface area contributed by atoms with Crippen molar-refractivity contribution in [2.75, 3.05) is 37.9 Å². The number of rotatable bonds is 2. The number of hydrogen-bond acceptors (Lipinski definition) is 6. The number of anilines is 1. The Morgan fingerprint density at radius 1 is 1.15 bits per heavy atom. The van der Waals surface area contributed by atoms with Gasteiger partial charge in [-0.2, -0.15) is 0 Å². The molecule has 104 valence electrons. The van der Waals surface area contributed by atoms with Crippen molar-refractivity contribution in [2.45, 2.75) is 0 Å². The van der Waals surface area contributed by atoms with Gasteiger partial charge in [0.1, 0.15) is 0 Å². The van der Waals surface area contributed by atoms with Gasteiger partial charge in [0.25, 0.3) is 0 Å². The molecule has 3 heterocycles. The number of piperazine rings is 1. The molecule has 1 aromatic carbocycles. The van der Waals surface area contributed by atoms with Crippen LogP contribution in [0.2, 0.25) is 0 Å². The average Bonchev–Trinajstić information content (AvgIpc) is 3.16. The fourth-order valence-corrected chi connectivity index (χ4v) is 3.34. The third-order valence-corrected chi connectivity index (χ3v) is 4.45. The molecule has 0 radical (unpaired) electrons. The molecule has 0 atom stereocenters. The number of ether oxygens (including phenoxy) is 2. The third kappa shape index (κ3) is 2.10. The minimum absolute atomic E-state index is 0.307. The van der Waals surface area contributed by atoms with Gasteiger partial charge in [-0.25, -0.2) is 4.98 Å². The van der Waals surface area contributed by atoms with Gasteiger partial charge in [-0.15, -0.1) is 11.3 Å². The Hall–Kier alpha value is -1.79. The minimum atomic E-state index is 0.307. The quantitative estimate of drug-likeness (QED) is 0.915. The van der Waals surface area contributed by atoms with Gasteiger partial charge in [-0.05, 0) is 18.2 Å². The van der Waals surface area contributed by atoms with Crippen LogP contribution in [0.1, 0.15) is 0 Å².